The lowest BCUT2D eigenvalue weighted by Crippen LogP contribution is -2.45. The first kappa shape index (κ1) is 22.9. The SMILES string of the molecule is CCN(CC)C(CNC(=O)CCCN1C(=O)NC(C)(C)C1=O)Cc1ccccc1. The molecule has 1 unspecified atom stereocenters. The van der Waals surface area contributed by atoms with E-state index in [2.05, 4.69) is 41.5 Å². The standard InChI is InChI=1S/C22H34N4O3/c1-5-25(6-2)18(15-17-11-8-7-9-12-17)16-23-19(27)13-10-14-26-20(28)22(3,4)24-21(26)29/h7-9,11-12,18H,5-6,10,13-16H2,1-4H3,(H,23,27)(H,24,29). The zero-order valence-corrected chi connectivity index (χ0v) is 18.0. The summed E-state index contributed by atoms with van der Waals surface area (Å²) in [4.78, 5) is 39.9. The topological polar surface area (TPSA) is 81.8 Å². The first-order valence-corrected chi connectivity index (χ1v) is 10.5. The molecule has 7 heteroatoms. The van der Waals surface area contributed by atoms with Crippen LogP contribution in [0.25, 0.3) is 0 Å². The van der Waals surface area contributed by atoms with E-state index >= 15 is 0 Å². The molecule has 1 aromatic rings. The van der Waals surface area contributed by atoms with E-state index in [0.717, 1.165) is 19.5 Å². The highest BCUT2D eigenvalue weighted by molar-refractivity contribution is 6.06. The minimum Gasteiger partial charge on any atom is -0.355 e. The van der Waals surface area contributed by atoms with Crippen LogP contribution in [0.4, 0.5) is 4.79 Å². The molecule has 0 saturated carbocycles. The number of carbonyl (C=O) groups is 3. The number of nitrogens with one attached hydrogen (secondary N) is 2. The van der Waals surface area contributed by atoms with Crippen molar-refractivity contribution in [3.63, 3.8) is 0 Å². The molecule has 0 aliphatic carbocycles. The van der Waals surface area contributed by atoms with Gasteiger partial charge in [0.05, 0.1) is 0 Å². The highest BCUT2D eigenvalue weighted by Crippen LogP contribution is 2.17. The Balaban J connectivity index is 1.82. The summed E-state index contributed by atoms with van der Waals surface area (Å²) in [6.45, 7) is 10.3. The molecule has 2 N–H and O–H groups in total. The molecule has 2 rings (SSSR count). The third-order valence-corrected chi connectivity index (χ3v) is 5.41. The third-order valence-electron chi connectivity index (χ3n) is 5.41. The van der Waals surface area contributed by atoms with E-state index in [0.29, 0.717) is 13.0 Å². The number of rotatable bonds is 11. The molecule has 1 atom stereocenters. The maximum absolute atomic E-state index is 12.3. The number of hydrogen-bond acceptors (Lipinski definition) is 4. The van der Waals surface area contributed by atoms with Crippen molar-refractivity contribution in [1.82, 2.24) is 20.4 Å². The van der Waals surface area contributed by atoms with Gasteiger partial charge in [0.15, 0.2) is 0 Å². The van der Waals surface area contributed by atoms with Crippen LogP contribution in [-0.4, -0.2) is 65.4 Å². The molecule has 7 nitrogen and oxygen atoms in total. The number of amides is 4. The maximum Gasteiger partial charge on any atom is 0.325 e. The second-order valence-corrected chi connectivity index (χ2v) is 7.98. The fourth-order valence-corrected chi connectivity index (χ4v) is 3.70. The molecule has 1 saturated heterocycles. The van der Waals surface area contributed by atoms with E-state index in [9.17, 15) is 14.4 Å². The van der Waals surface area contributed by atoms with Gasteiger partial charge in [-0.3, -0.25) is 19.4 Å². The number of benzene rings is 1. The van der Waals surface area contributed by atoms with Crippen molar-refractivity contribution in [3.05, 3.63) is 35.9 Å². The zero-order chi connectivity index (χ0) is 21.4. The van der Waals surface area contributed by atoms with Crippen LogP contribution >= 0.6 is 0 Å². The fourth-order valence-electron chi connectivity index (χ4n) is 3.70. The smallest absolute Gasteiger partial charge is 0.325 e. The van der Waals surface area contributed by atoms with Crippen LogP contribution in [0.3, 0.4) is 0 Å². The molecule has 1 aliphatic heterocycles. The van der Waals surface area contributed by atoms with Gasteiger partial charge in [0.25, 0.3) is 5.91 Å². The molecule has 1 heterocycles. The summed E-state index contributed by atoms with van der Waals surface area (Å²) in [6, 6.07) is 10.1. The van der Waals surface area contributed by atoms with Crippen molar-refractivity contribution in [2.45, 2.75) is 58.5 Å². The second kappa shape index (κ2) is 10.4. The van der Waals surface area contributed by atoms with Crippen molar-refractivity contribution in [2.75, 3.05) is 26.2 Å². The summed E-state index contributed by atoms with van der Waals surface area (Å²) in [5.74, 6) is -0.297. The van der Waals surface area contributed by atoms with Crippen LogP contribution in [0.15, 0.2) is 30.3 Å². The zero-order valence-electron chi connectivity index (χ0n) is 18.0. The fraction of sp³-hybridized carbons (Fsp3) is 0.591. The molecule has 1 fully saturated rings. The van der Waals surface area contributed by atoms with Crippen LogP contribution in [0.2, 0.25) is 0 Å². The Morgan fingerprint density at radius 1 is 1.17 bits per heavy atom. The molecule has 1 aliphatic rings. The number of carbonyl (C=O) groups excluding carboxylic acids is 3. The Labute approximate surface area is 173 Å². The summed E-state index contributed by atoms with van der Waals surface area (Å²) in [7, 11) is 0. The summed E-state index contributed by atoms with van der Waals surface area (Å²) in [5.41, 5.74) is 0.383. The minimum atomic E-state index is -0.867. The van der Waals surface area contributed by atoms with Crippen molar-refractivity contribution >= 4 is 17.8 Å². The first-order valence-electron chi connectivity index (χ1n) is 10.5. The van der Waals surface area contributed by atoms with E-state index in [1.807, 2.05) is 18.2 Å². The van der Waals surface area contributed by atoms with Gasteiger partial charge in [-0.25, -0.2) is 4.79 Å². The molecular weight excluding hydrogens is 368 g/mol. The van der Waals surface area contributed by atoms with Gasteiger partial charge in [0, 0.05) is 25.6 Å². The average molecular weight is 403 g/mol. The normalized spacial score (nSPS) is 16.8. The van der Waals surface area contributed by atoms with E-state index in [1.54, 1.807) is 13.8 Å². The third kappa shape index (κ3) is 6.29. The van der Waals surface area contributed by atoms with Gasteiger partial charge in [0.1, 0.15) is 5.54 Å². The Kier molecular flexibility index (Phi) is 8.20. The van der Waals surface area contributed by atoms with Crippen molar-refractivity contribution in [2.24, 2.45) is 0 Å². The Hall–Kier alpha value is -2.41. The molecule has 4 amide bonds. The Bertz CT molecular complexity index is 701. The van der Waals surface area contributed by atoms with E-state index < -0.39 is 5.54 Å². The Morgan fingerprint density at radius 3 is 2.38 bits per heavy atom. The Morgan fingerprint density at radius 2 is 1.83 bits per heavy atom. The van der Waals surface area contributed by atoms with Gasteiger partial charge in [-0.2, -0.15) is 0 Å². The predicted molar refractivity (Wildman–Crippen MR) is 113 cm³/mol. The summed E-state index contributed by atoms with van der Waals surface area (Å²) < 4.78 is 0. The molecule has 0 aromatic heterocycles. The molecule has 0 spiro atoms. The lowest BCUT2D eigenvalue weighted by atomic mass is 10.0. The molecule has 29 heavy (non-hydrogen) atoms. The number of likely N-dealkylation sites (N-methyl/N-ethyl adjacent to an activating group) is 1. The lowest BCUT2D eigenvalue weighted by molar-refractivity contribution is -0.130. The van der Waals surface area contributed by atoms with Gasteiger partial charge in [-0.05, 0) is 45.3 Å². The summed E-state index contributed by atoms with van der Waals surface area (Å²) in [6.07, 6.45) is 1.61. The second-order valence-electron chi connectivity index (χ2n) is 7.98. The number of nitrogens with zero attached hydrogens (tertiary/aromatic N) is 2. The van der Waals surface area contributed by atoms with Gasteiger partial charge in [0.2, 0.25) is 5.91 Å². The minimum absolute atomic E-state index is 0.0541. The van der Waals surface area contributed by atoms with Crippen LogP contribution in [0.5, 0.6) is 0 Å². The van der Waals surface area contributed by atoms with Crippen LogP contribution in [0.1, 0.15) is 46.1 Å². The van der Waals surface area contributed by atoms with Crippen molar-refractivity contribution < 1.29 is 14.4 Å². The van der Waals surface area contributed by atoms with Gasteiger partial charge in [-0.1, -0.05) is 44.2 Å². The van der Waals surface area contributed by atoms with Crippen molar-refractivity contribution in [1.29, 1.82) is 0 Å². The molecule has 0 radical (unpaired) electrons. The monoisotopic (exact) mass is 402 g/mol. The van der Waals surface area contributed by atoms with E-state index in [-0.39, 0.29) is 36.9 Å². The lowest BCUT2D eigenvalue weighted by Gasteiger charge is -2.30. The molecule has 1 aromatic carbocycles. The van der Waals surface area contributed by atoms with Gasteiger partial charge in [-0.15, -0.1) is 0 Å². The van der Waals surface area contributed by atoms with Gasteiger partial charge >= 0.3 is 6.03 Å². The van der Waals surface area contributed by atoms with E-state index in [4.69, 9.17) is 0 Å². The molecule has 160 valence electrons. The highest BCUT2D eigenvalue weighted by Gasteiger charge is 2.43. The maximum atomic E-state index is 12.3. The number of urea groups is 1. The summed E-state index contributed by atoms with van der Waals surface area (Å²) >= 11 is 0. The average Bonchev–Trinajstić information content (AvgIpc) is 2.89. The number of hydrogen-bond donors (Lipinski definition) is 2. The van der Waals surface area contributed by atoms with Crippen molar-refractivity contribution in [3.8, 4) is 0 Å². The van der Waals surface area contributed by atoms with Crippen LogP contribution in [-0.2, 0) is 16.0 Å². The van der Waals surface area contributed by atoms with Crippen LogP contribution < -0.4 is 10.6 Å². The quantitative estimate of drug-likeness (QED) is 0.556. The summed E-state index contributed by atoms with van der Waals surface area (Å²) in [5, 5.41) is 5.68. The van der Waals surface area contributed by atoms with Crippen LogP contribution in [0, 0.1) is 0 Å². The molecular formula is C22H34N4O3. The number of imide groups is 1. The first-order chi connectivity index (χ1) is 13.8. The van der Waals surface area contributed by atoms with E-state index in [1.165, 1.54) is 10.5 Å². The molecule has 0 bridgehead atoms. The highest BCUT2D eigenvalue weighted by atomic mass is 16.2. The van der Waals surface area contributed by atoms with Gasteiger partial charge < -0.3 is 10.6 Å². The predicted octanol–water partition coefficient (Wildman–Crippen LogP) is 2.17. The largest absolute Gasteiger partial charge is 0.355 e.